The highest BCUT2D eigenvalue weighted by atomic mass is 32.1. The SMILES string of the molecule is Cc1cc2occ(CC(=O)NNC(=S)NCc3ccc4c(c3)OCO4)c2cc1C(C)C. The van der Waals surface area contributed by atoms with Crippen LogP contribution in [-0.2, 0) is 17.8 Å². The van der Waals surface area contributed by atoms with Crippen molar-refractivity contribution in [1.29, 1.82) is 0 Å². The van der Waals surface area contributed by atoms with Crippen LogP contribution in [-0.4, -0.2) is 17.8 Å². The van der Waals surface area contributed by atoms with E-state index in [1.165, 1.54) is 11.1 Å². The van der Waals surface area contributed by atoms with Crippen molar-refractivity contribution in [2.45, 2.75) is 39.7 Å². The molecular weight excluding hydrogens is 414 g/mol. The van der Waals surface area contributed by atoms with Crippen molar-refractivity contribution in [3.8, 4) is 11.5 Å². The van der Waals surface area contributed by atoms with Crippen LogP contribution >= 0.6 is 12.2 Å². The monoisotopic (exact) mass is 439 g/mol. The fraction of sp³-hybridized carbons (Fsp3) is 0.304. The fourth-order valence-corrected chi connectivity index (χ4v) is 3.75. The minimum absolute atomic E-state index is 0.186. The third-order valence-corrected chi connectivity index (χ3v) is 5.47. The number of benzene rings is 2. The molecule has 3 N–H and O–H groups in total. The van der Waals surface area contributed by atoms with Gasteiger partial charge in [0.2, 0.25) is 12.7 Å². The first-order valence-corrected chi connectivity index (χ1v) is 10.5. The number of hydrogen-bond acceptors (Lipinski definition) is 5. The van der Waals surface area contributed by atoms with Gasteiger partial charge in [0, 0.05) is 17.5 Å². The Hall–Kier alpha value is -3.26. The zero-order valence-electron chi connectivity index (χ0n) is 17.7. The second-order valence-electron chi connectivity index (χ2n) is 7.84. The van der Waals surface area contributed by atoms with E-state index < -0.39 is 0 Å². The van der Waals surface area contributed by atoms with Crippen molar-refractivity contribution < 1.29 is 18.7 Å². The molecule has 0 saturated heterocycles. The summed E-state index contributed by atoms with van der Waals surface area (Å²) in [5.41, 5.74) is 10.4. The number of carbonyl (C=O) groups is 1. The summed E-state index contributed by atoms with van der Waals surface area (Å²) in [6.07, 6.45) is 1.83. The van der Waals surface area contributed by atoms with Gasteiger partial charge in [-0.1, -0.05) is 19.9 Å². The maximum absolute atomic E-state index is 12.4. The minimum atomic E-state index is -0.207. The summed E-state index contributed by atoms with van der Waals surface area (Å²) >= 11 is 5.24. The van der Waals surface area contributed by atoms with Gasteiger partial charge in [0.1, 0.15) is 5.58 Å². The number of hydrazine groups is 1. The Morgan fingerprint density at radius 1 is 1.13 bits per heavy atom. The molecule has 0 unspecified atom stereocenters. The molecule has 0 spiro atoms. The first-order chi connectivity index (χ1) is 14.9. The summed E-state index contributed by atoms with van der Waals surface area (Å²) in [5.74, 6) is 1.64. The zero-order chi connectivity index (χ0) is 22.0. The number of hydrogen-bond donors (Lipinski definition) is 3. The standard InChI is InChI=1S/C23H25N3O4S/c1-13(2)17-9-18-16(11-28-20(18)6-14(17)3)8-22(27)25-26-23(31)24-10-15-4-5-19-21(7-15)30-12-29-19/h4-7,9,11,13H,8,10,12H2,1-3H3,(H,25,27)(H2,24,26,31). The number of rotatable bonds is 5. The molecule has 0 atom stereocenters. The molecule has 3 aromatic rings. The fourth-order valence-electron chi connectivity index (χ4n) is 3.62. The van der Waals surface area contributed by atoms with Gasteiger partial charge >= 0.3 is 0 Å². The lowest BCUT2D eigenvalue weighted by Gasteiger charge is -2.12. The molecule has 1 aliphatic rings. The largest absolute Gasteiger partial charge is 0.464 e. The Bertz CT molecular complexity index is 1140. The molecule has 4 rings (SSSR count). The summed E-state index contributed by atoms with van der Waals surface area (Å²) in [5, 5.41) is 4.34. The molecule has 1 aliphatic heterocycles. The molecule has 0 radical (unpaired) electrons. The third-order valence-electron chi connectivity index (χ3n) is 5.22. The van der Waals surface area contributed by atoms with Crippen molar-refractivity contribution in [3.63, 3.8) is 0 Å². The van der Waals surface area contributed by atoms with Crippen LogP contribution in [0.2, 0.25) is 0 Å². The maximum atomic E-state index is 12.4. The van der Waals surface area contributed by atoms with Gasteiger partial charge in [-0.25, -0.2) is 0 Å². The van der Waals surface area contributed by atoms with E-state index in [1.54, 1.807) is 6.26 Å². The van der Waals surface area contributed by atoms with Crippen LogP contribution in [0.5, 0.6) is 11.5 Å². The molecule has 1 amide bonds. The molecular formula is C23H25N3O4S. The number of aryl methyl sites for hydroxylation is 1. The summed E-state index contributed by atoms with van der Waals surface area (Å²) in [7, 11) is 0. The Balaban J connectivity index is 1.30. The van der Waals surface area contributed by atoms with Gasteiger partial charge < -0.3 is 19.2 Å². The number of amides is 1. The molecule has 8 heteroatoms. The summed E-state index contributed by atoms with van der Waals surface area (Å²) < 4.78 is 16.3. The van der Waals surface area contributed by atoms with Crippen LogP contribution in [0.1, 0.15) is 42.0 Å². The van der Waals surface area contributed by atoms with Gasteiger partial charge in [-0.05, 0) is 66.0 Å². The summed E-state index contributed by atoms with van der Waals surface area (Å²) in [6.45, 7) is 7.11. The molecule has 7 nitrogen and oxygen atoms in total. The van der Waals surface area contributed by atoms with Crippen molar-refractivity contribution >= 4 is 34.2 Å². The average molecular weight is 440 g/mol. The van der Waals surface area contributed by atoms with Crippen LogP contribution in [0.3, 0.4) is 0 Å². The van der Waals surface area contributed by atoms with E-state index in [0.29, 0.717) is 17.6 Å². The van der Waals surface area contributed by atoms with Crippen molar-refractivity contribution in [2.75, 3.05) is 6.79 Å². The van der Waals surface area contributed by atoms with E-state index in [1.807, 2.05) is 24.3 Å². The Kier molecular flexibility index (Phi) is 5.99. The van der Waals surface area contributed by atoms with Gasteiger partial charge in [-0.15, -0.1) is 0 Å². The van der Waals surface area contributed by atoms with Gasteiger partial charge in [0.25, 0.3) is 0 Å². The highest BCUT2D eigenvalue weighted by molar-refractivity contribution is 7.80. The van der Waals surface area contributed by atoms with Crippen LogP contribution in [0.15, 0.2) is 41.0 Å². The van der Waals surface area contributed by atoms with Crippen molar-refractivity contribution in [3.05, 3.63) is 58.8 Å². The molecule has 0 fully saturated rings. The number of carbonyl (C=O) groups excluding carboxylic acids is 1. The quantitative estimate of drug-likeness (QED) is 0.412. The molecule has 0 bridgehead atoms. The smallest absolute Gasteiger partial charge is 0.242 e. The average Bonchev–Trinajstić information content (AvgIpc) is 3.36. The predicted molar refractivity (Wildman–Crippen MR) is 122 cm³/mol. The molecule has 1 aromatic heterocycles. The highest BCUT2D eigenvalue weighted by Gasteiger charge is 2.15. The lowest BCUT2D eigenvalue weighted by atomic mass is 9.95. The Labute approximate surface area is 186 Å². The first-order valence-electron chi connectivity index (χ1n) is 10.1. The Morgan fingerprint density at radius 2 is 1.94 bits per heavy atom. The van der Waals surface area contributed by atoms with Crippen molar-refractivity contribution in [2.24, 2.45) is 0 Å². The number of nitrogens with one attached hydrogen (secondary N) is 3. The lowest BCUT2D eigenvalue weighted by Crippen LogP contribution is -2.47. The van der Waals surface area contributed by atoms with E-state index in [9.17, 15) is 4.79 Å². The van der Waals surface area contributed by atoms with Crippen molar-refractivity contribution in [1.82, 2.24) is 16.2 Å². The van der Waals surface area contributed by atoms with Crippen LogP contribution < -0.4 is 25.6 Å². The number of ether oxygens (including phenoxy) is 2. The molecule has 162 valence electrons. The maximum Gasteiger partial charge on any atom is 0.242 e. The van der Waals surface area contributed by atoms with Gasteiger partial charge in [-0.3, -0.25) is 15.6 Å². The number of furan rings is 1. The van der Waals surface area contributed by atoms with Crippen LogP contribution in [0.4, 0.5) is 0 Å². The molecule has 31 heavy (non-hydrogen) atoms. The van der Waals surface area contributed by atoms with Gasteiger partial charge in [0.15, 0.2) is 16.6 Å². The van der Waals surface area contributed by atoms with Crippen LogP contribution in [0.25, 0.3) is 11.0 Å². The van der Waals surface area contributed by atoms with E-state index in [2.05, 4.69) is 43.0 Å². The lowest BCUT2D eigenvalue weighted by molar-refractivity contribution is -0.121. The van der Waals surface area contributed by atoms with E-state index in [-0.39, 0.29) is 19.1 Å². The Morgan fingerprint density at radius 3 is 2.74 bits per heavy atom. The van der Waals surface area contributed by atoms with E-state index in [4.69, 9.17) is 26.1 Å². The van der Waals surface area contributed by atoms with Gasteiger partial charge in [-0.2, -0.15) is 0 Å². The molecule has 2 heterocycles. The zero-order valence-corrected chi connectivity index (χ0v) is 18.5. The minimum Gasteiger partial charge on any atom is -0.464 e. The second-order valence-corrected chi connectivity index (χ2v) is 8.25. The topological polar surface area (TPSA) is 84.8 Å². The van der Waals surface area contributed by atoms with Gasteiger partial charge in [0.05, 0.1) is 12.7 Å². The van der Waals surface area contributed by atoms with E-state index in [0.717, 1.165) is 33.6 Å². The molecule has 0 aliphatic carbocycles. The first kappa shape index (κ1) is 21.0. The van der Waals surface area contributed by atoms with Crippen LogP contribution in [0, 0.1) is 6.92 Å². The predicted octanol–water partition coefficient (Wildman–Crippen LogP) is 3.83. The number of fused-ring (bicyclic) bond motifs is 2. The molecule has 2 aromatic carbocycles. The highest BCUT2D eigenvalue weighted by Crippen LogP contribution is 2.32. The summed E-state index contributed by atoms with van der Waals surface area (Å²) in [6, 6.07) is 9.83. The second kappa shape index (κ2) is 8.85. The third kappa shape index (κ3) is 4.74. The summed E-state index contributed by atoms with van der Waals surface area (Å²) in [4.78, 5) is 12.4. The normalized spacial score (nSPS) is 12.3. The molecule has 0 saturated carbocycles. The van der Waals surface area contributed by atoms with E-state index >= 15 is 0 Å². The number of thiocarbonyl (C=S) groups is 1.